The van der Waals surface area contributed by atoms with Crippen LogP contribution in [0.3, 0.4) is 0 Å². The number of thiophene rings is 1. The minimum atomic E-state index is -0.267. The first-order chi connectivity index (χ1) is 17.5. The molecule has 198 valence electrons. The zero-order valence-corrected chi connectivity index (χ0v) is 24.4. The molecule has 0 aliphatic carbocycles. The maximum absolute atomic E-state index is 13.7. The number of carbonyl (C=O) groups is 2. The summed E-state index contributed by atoms with van der Waals surface area (Å²) in [6, 6.07) is 10.4. The lowest BCUT2D eigenvalue weighted by Gasteiger charge is -2.24. The zero-order chi connectivity index (χ0) is 26.9. The van der Waals surface area contributed by atoms with Crippen LogP contribution in [0, 0.1) is 13.8 Å². The highest BCUT2D eigenvalue weighted by atomic mass is 32.2. The predicted molar refractivity (Wildman–Crippen MR) is 154 cm³/mol. The summed E-state index contributed by atoms with van der Waals surface area (Å²) in [6.07, 6.45) is 0. The third kappa shape index (κ3) is 5.94. The first kappa shape index (κ1) is 27.4. The average molecular weight is 540 g/mol. The number of hydrogen-bond acceptors (Lipinski definition) is 6. The smallest absolute Gasteiger partial charge is 0.240 e. The van der Waals surface area contributed by atoms with Crippen LogP contribution < -0.4 is 10.2 Å². The van der Waals surface area contributed by atoms with Crippen LogP contribution in [0.1, 0.15) is 53.3 Å². The van der Waals surface area contributed by atoms with E-state index in [4.69, 9.17) is 5.10 Å². The molecule has 0 bridgehead atoms. The molecular weight excluding hydrogens is 502 g/mol. The monoisotopic (exact) mass is 539 g/mol. The molecule has 3 heterocycles. The molecule has 1 aliphatic heterocycles. The molecule has 9 heteroatoms. The standard InChI is InChI=1S/C28H37N5O2S2/c1-18-10-11-20(19(2)15-18)33-27-24(26(30-33)28(3,4)5)25(21-9-8-14-36-21)37-17-23(35)32(27)16-22(34)29-12-13-31(6)7/h8-11,14-15,25H,12-13,16-17H2,1-7H3,(H,29,34)/t25-/m0/s1. The van der Waals surface area contributed by atoms with Gasteiger partial charge < -0.3 is 10.2 Å². The van der Waals surface area contributed by atoms with Crippen LogP contribution in [0.15, 0.2) is 35.7 Å². The minimum absolute atomic E-state index is 0.0445. The van der Waals surface area contributed by atoms with Gasteiger partial charge in [0.25, 0.3) is 0 Å². The number of likely N-dealkylation sites (N-methyl/N-ethyl adjacent to an activating group) is 1. The van der Waals surface area contributed by atoms with Crippen molar-refractivity contribution < 1.29 is 9.59 Å². The Morgan fingerprint density at radius 1 is 1.22 bits per heavy atom. The maximum atomic E-state index is 13.7. The van der Waals surface area contributed by atoms with E-state index in [2.05, 4.69) is 69.6 Å². The molecule has 2 aromatic heterocycles. The topological polar surface area (TPSA) is 70.5 Å². The number of aryl methyl sites for hydroxylation is 2. The number of nitrogens with zero attached hydrogens (tertiary/aromatic N) is 4. The van der Waals surface area contributed by atoms with Crippen molar-refractivity contribution >= 4 is 40.7 Å². The molecule has 0 fully saturated rings. The van der Waals surface area contributed by atoms with Crippen LogP contribution in [0.4, 0.5) is 5.82 Å². The highest BCUT2D eigenvalue weighted by Crippen LogP contribution is 2.49. The molecule has 3 aromatic rings. The number of hydrogen-bond donors (Lipinski definition) is 1. The fourth-order valence-corrected chi connectivity index (χ4v) is 6.74. The fourth-order valence-electron chi connectivity index (χ4n) is 4.57. The van der Waals surface area contributed by atoms with Gasteiger partial charge >= 0.3 is 0 Å². The Morgan fingerprint density at radius 2 is 1.97 bits per heavy atom. The molecule has 1 N–H and O–H groups in total. The Labute approximate surface area is 228 Å². The largest absolute Gasteiger partial charge is 0.353 e. The summed E-state index contributed by atoms with van der Waals surface area (Å²) >= 11 is 3.31. The number of amides is 2. The van der Waals surface area contributed by atoms with Gasteiger partial charge in [-0.05, 0) is 51.0 Å². The Hall–Kier alpha value is -2.62. The average Bonchev–Trinajstić information content (AvgIpc) is 3.44. The quantitative estimate of drug-likeness (QED) is 0.472. The molecule has 1 atom stereocenters. The van der Waals surface area contributed by atoms with Crippen LogP contribution in [0.2, 0.25) is 0 Å². The number of anilines is 1. The van der Waals surface area contributed by atoms with Crippen molar-refractivity contribution in [1.82, 2.24) is 20.0 Å². The van der Waals surface area contributed by atoms with Crippen molar-refractivity contribution in [2.24, 2.45) is 0 Å². The number of nitrogens with one attached hydrogen (secondary N) is 1. The Balaban J connectivity index is 1.92. The van der Waals surface area contributed by atoms with Crippen molar-refractivity contribution in [1.29, 1.82) is 0 Å². The van der Waals surface area contributed by atoms with E-state index in [1.807, 2.05) is 29.7 Å². The summed E-state index contributed by atoms with van der Waals surface area (Å²) in [5.41, 5.74) is 4.85. The number of fused-ring (bicyclic) bond motifs is 1. The van der Waals surface area contributed by atoms with E-state index < -0.39 is 0 Å². The van der Waals surface area contributed by atoms with Crippen molar-refractivity contribution in [3.63, 3.8) is 0 Å². The maximum Gasteiger partial charge on any atom is 0.240 e. The molecule has 1 aliphatic rings. The lowest BCUT2D eigenvalue weighted by molar-refractivity contribution is -0.122. The van der Waals surface area contributed by atoms with Gasteiger partial charge in [-0.25, -0.2) is 4.68 Å². The van der Waals surface area contributed by atoms with E-state index >= 15 is 0 Å². The summed E-state index contributed by atoms with van der Waals surface area (Å²) in [5, 5.41) is 10.2. The zero-order valence-electron chi connectivity index (χ0n) is 22.8. The third-order valence-corrected chi connectivity index (χ3v) is 8.69. The van der Waals surface area contributed by atoms with E-state index in [0.29, 0.717) is 18.1 Å². The molecular formula is C28H37N5O2S2. The number of aromatic nitrogens is 2. The number of thioether (sulfide) groups is 1. The van der Waals surface area contributed by atoms with Crippen LogP contribution in [-0.2, 0) is 15.0 Å². The van der Waals surface area contributed by atoms with Gasteiger partial charge in [0.2, 0.25) is 11.8 Å². The molecule has 0 spiro atoms. The lowest BCUT2D eigenvalue weighted by Crippen LogP contribution is -2.43. The van der Waals surface area contributed by atoms with Crippen molar-refractivity contribution in [3.8, 4) is 5.69 Å². The van der Waals surface area contributed by atoms with Crippen molar-refractivity contribution in [2.75, 3.05) is 44.4 Å². The lowest BCUT2D eigenvalue weighted by atomic mass is 9.88. The molecule has 1 aromatic carbocycles. The van der Waals surface area contributed by atoms with Gasteiger partial charge in [0.15, 0.2) is 0 Å². The minimum Gasteiger partial charge on any atom is -0.353 e. The molecule has 0 saturated heterocycles. The second-order valence-corrected chi connectivity index (χ2v) is 12.9. The summed E-state index contributed by atoms with van der Waals surface area (Å²) < 4.78 is 1.90. The second kappa shape index (κ2) is 11.0. The Kier molecular flexibility index (Phi) is 8.16. The predicted octanol–water partition coefficient (Wildman–Crippen LogP) is 4.70. The molecule has 2 amide bonds. The van der Waals surface area contributed by atoms with E-state index in [1.165, 1.54) is 4.88 Å². The third-order valence-electron chi connectivity index (χ3n) is 6.36. The Morgan fingerprint density at radius 3 is 2.59 bits per heavy atom. The summed E-state index contributed by atoms with van der Waals surface area (Å²) in [7, 11) is 3.93. The van der Waals surface area contributed by atoms with Gasteiger partial charge in [0.1, 0.15) is 12.4 Å². The fraction of sp³-hybridized carbons (Fsp3) is 0.464. The SMILES string of the molecule is Cc1ccc(-n2nc(C(C)(C)C)c3c2N(CC(=O)NCCN(C)C)C(=O)CS[C@H]3c2cccs2)c(C)c1. The van der Waals surface area contributed by atoms with Crippen molar-refractivity contribution in [2.45, 2.75) is 45.3 Å². The Bertz CT molecular complexity index is 1270. The van der Waals surface area contributed by atoms with E-state index in [1.54, 1.807) is 28.0 Å². The summed E-state index contributed by atoms with van der Waals surface area (Å²) in [4.78, 5) is 31.6. The van der Waals surface area contributed by atoms with Gasteiger partial charge in [-0.15, -0.1) is 23.1 Å². The molecule has 0 saturated carbocycles. The highest BCUT2D eigenvalue weighted by Gasteiger charge is 2.40. The van der Waals surface area contributed by atoms with E-state index in [0.717, 1.165) is 34.6 Å². The summed E-state index contributed by atoms with van der Waals surface area (Å²) in [5.74, 6) is 0.734. The van der Waals surface area contributed by atoms with Crippen LogP contribution in [-0.4, -0.2) is 66.0 Å². The van der Waals surface area contributed by atoms with Crippen LogP contribution in [0.25, 0.3) is 5.69 Å². The van der Waals surface area contributed by atoms with Crippen molar-refractivity contribution in [3.05, 3.63) is 63.0 Å². The molecule has 0 unspecified atom stereocenters. The number of rotatable bonds is 7. The van der Waals surface area contributed by atoms with E-state index in [9.17, 15) is 9.59 Å². The van der Waals surface area contributed by atoms with Gasteiger partial charge in [0, 0.05) is 28.9 Å². The van der Waals surface area contributed by atoms with Gasteiger partial charge in [-0.3, -0.25) is 14.5 Å². The van der Waals surface area contributed by atoms with E-state index in [-0.39, 0.29) is 29.0 Å². The molecule has 0 radical (unpaired) electrons. The molecule has 7 nitrogen and oxygen atoms in total. The number of benzene rings is 1. The van der Waals surface area contributed by atoms with Gasteiger partial charge in [-0.1, -0.05) is 44.5 Å². The normalized spacial score (nSPS) is 16.2. The first-order valence-electron chi connectivity index (χ1n) is 12.5. The molecule has 4 rings (SSSR count). The van der Waals surface area contributed by atoms with Crippen LogP contribution in [0.5, 0.6) is 0 Å². The number of carbonyl (C=O) groups excluding carboxylic acids is 2. The van der Waals surface area contributed by atoms with Gasteiger partial charge in [0.05, 0.1) is 22.4 Å². The highest BCUT2D eigenvalue weighted by molar-refractivity contribution is 8.00. The summed E-state index contributed by atoms with van der Waals surface area (Å²) in [6.45, 7) is 11.8. The van der Waals surface area contributed by atoms with Crippen LogP contribution >= 0.6 is 23.1 Å². The van der Waals surface area contributed by atoms with Gasteiger partial charge in [-0.2, -0.15) is 5.10 Å². The first-order valence-corrected chi connectivity index (χ1v) is 14.5. The molecule has 37 heavy (non-hydrogen) atoms. The second-order valence-electron chi connectivity index (χ2n) is 10.9.